The third kappa shape index (κ3) is 4.63. The summed E-state index contributed by atoms with van der Waals surface area (Å²) in [5.74, 6) is 0.354. The van der Waals surface area contributed by atoms with Gasteiger partial charge < -0.3 is 4.74 Å². The lowest BCUT2D eigenvalue weighted by Gasteiger charge is -2.03. The van der Waals surface area contributed by atoms with Gasteiger partial charge >= 0.3 is 0 Å². The SMILES string of the molecule is COCCCS(=O)Cc1ccc(F)c(C#N)c1. The standard InChI is InChI=1S/C12H14FNO2S/c1-16-5-2-6-17(15)9-10-3-4-12(13)11(7-10)8-14/h3-4,7H,2,5-6,9H2,1H3. The van der Waals surface area contributed by atoms with Crippen LogP contribution in [0.2, 0.25) is 0 Å². The van der Waals surface area contributed by atoms with E-state index in [4.69, 9.17) is 10.00 Å². The van der Waals surface area contributed by atoms with Gasteiger partial charge in [-0.05, 0) is 24.1 Å². The largest absolute Gasteiger partial charge is 0.385 e. The van der Waals surface area contributed by atoms with Gasteiger partial charge in [-0.1, -0.05) is 6.07 Å². The molecule has 0 aliphatic rings. The summed E-state index contributed by atoms with van der Waals surface area (Å²) in [7, 11) is 0.598. The zero-order valence-corrected chi connectivity index (χ0v) is 10.4. The Kier molecular flexibility index (Phi) is 5.81. The third-order valence-electron chi connectivity index (χ3n) is 2.20. The second kappa shape index (κ2) is 7.15. The van der Waals surface area contributed by atoms with Gasteiger partial charge in [-0.15, -0.1) is 0 Å². The first-order chi connectivity index (χ1) is 8.17. The minimum absolute atomic E-state index is 0.00334. The van der Waals surface area contributed by atoms with Crippen LogP contribution < -0.4 is 0 Å². The lowest BCUT2D eigenvalue weighted by atomic mass is 10.1. The van der Waals surface area contributed by atoms with Gasteiger partial charge in [0.15, 0.2) is 0 Å². The Bertz CT molecular complexity index is 443. The van der Waals surface area contributed by atoms with Crippen molar-refractivity contribution in [2.75, 3.05) is 19.5 Å². The van der Waals surface area contributed by atoms with Crippen molar-refractivity contribution in [1.29, 1.82) is 5.26 Å². The average Bonchev–Trinajstić information content (AvgIpc) is 2.32. The van der Waals surface area contributed by atoms with Crippen molar-refractivity contribution in [3.63, 3.8) is 0 Å². The van der Waals surface area contributed by atoms with Crippen molar-refractivity contribution >= 4 is 10.8 Å². The van der Waals surface area contributed by atoms with Crippen molar-refractivity contribution in [2.45, 2.75) is 12.2 Å². The summed E-state index contributed by atoms with van der Waals surface area (Å²) in [6, 6.07) is 6.01. The molecule has 1 aromatic rings. The summed E-state index contributed by atoms with van der Waals surface area (Å²) in [6.45, 7) is 0.582. The molecule has 1 atom stereocenters. The van der Waals surface area contributed by atoms with Gasteiger partial charge in [0.25, 0.3) is 0 Å². The van der Waals surface area contributed by atoms with E-state index in [9.17, 15) is 8.60 Å². The monoisotopic (exact) mass is 255 g/mol. The minimum Gasteiger partial charge on any atom is -0.385 e. The van der Waals surface area contributed by atoms with E-state index in [-0.39, 0.29) is 5.56 Å². The van der Waals surface area contributed by atoms with Gasteiger partial charge in [0, 0.05) is 36.0 Å². The minimum atomic E-state index is -1.00. The molecule has 0 amide bonds. The normalized spacial score (nSPS) is 12.1. The van der Waals surface area contributed by atoms with Crippen LogP contribution in [-0.2, 0) is 21.3 Å². The first-order valence-electron chi connectivity index (χ1n) is 5.20. The molecular formula is C12H14FNO2S. The predicted molar refractivity (Wildman–Crippen MR) is 64.3 cm³/mol. The summed E-state index contributed by atoms with van der Waals surface area (Å²) in [4.78, 5) is 0. The Morgan fingerprint density at radius 2 is 2.29 bits per heavy atom. The molecule has 0 fully saturated rings. The molecule has 0 saturated carbocycles. The fraction of sp³-hybridized carbons (Fsp3) is 0.417. The zero-order chi connectivity index (χ0) is 12.7. The molecule has 0 N–H and O–H groups in total. The van der Waals surface area contributed by atoms with E-state index in [1.807, 2.05) is 0 Å². The average molecular weight is 255 g/mol. The molecule has 0 radical (unpaired) electrons. The smallest absolute Gasteiger partial charge is 0.140 e. The molecule has 0 bridgehead atoms. The van der Waals surface area contributed by atoms with Crippen LogP contribution in [0.25, 0.3) is 0 Å². The highest BCUT2D eigenvalue weighted by molar-refractivity contribution is 7.84. The number of rotatable bonds is 6. The lowest BCUT2D eigenvalue weighted by molar-refractivity contribution is 0.200. The van der Waals surface area contributed by atoms with Gasteiger partial charge in [0.1, 0.15) is 11.9 Å². The number of hydrogen-bond acceptors (Lipinski definition) is 3. The number of benzene rings is 1. The maximum absolute atomic E-state index is 13.0. The maximum Gasteiger partial charge on any atom is 0.140 e. The number of nitriles is 1. The first-order valence-corrected chi connectivity index (χ1v) is 6.68. The van der Waals surface area contributed by atoms with E-state index >= 15 is 0 Å². The maximum atomic E-state index is 13.0. The molecule has 0 aliphatic carbocycles. The van der Waals surface area contributed by atoms with E-state index in [2.05, 4.69) is 0 Å². The van der Waals surface area contributed by atoms with E-state index in [0.717, 1.165) is 12.0 Å². The number of ether oxygens (including phenoxy) is 1. The Morgan fingerprint density at radius 3 is 2.94 bits per heavy atom. The molecule has 0 spiro atoms. The second-order valence-corrected chi connectivity index (χ2v) is 5.14. The Hall–Kier alpha value is -1.25. The molecule has 0 saturated heterocycles. The molecule has 0 aliphatic heterocycles. The highest BCUT2D eigenvalue weighted by Crippen LogP contribution is 2.11. The molecule has 0 heterocycles. The topological polar surface area (TPSA) is 50.1 Å². The van der Waals surface area contributed by atoms with Gasteiger partial charge in [-0.25, -0.2) is 4.39 Å². The van der Waals surface area contributed by atoms with Crippen molar-refractivity contribution < 1.29 is 13.3 Å². The third-order valence-corrected chi connectivity index (χ3v) is 3.60. The Balaban J connectivity index is 2.57. The van der Waals surface area contributed by atoms with E-state index in [1.165, 1.54) is 12.1 Å². The fourth-order valence-electron chi connectivity index (χ4n) is 1.37. The van der Waals surface area contributed by atoms with Crippen LogP contribution in [0.4, 0.5) is 4.39 Å². The number of methoxy groups -OCH3 is 1. The van der Waals surface area contributed by atoms with E-state index < -0.39 is 16.6 Å². The van der Waals surface area contributed by atoms with Crippen LogP contribution in [0.1, 0.15) is 17.5 Å². The van der Waals surface area contributed by atoms with Crippen molar-refractivity contribution in [2.24, 2.45) is 0 Å². The van der Waals surface area contributed by atoms with Crippen LogP contribution in [0, 0.1) is 17.1 Å². The summed E-state index contributed by atoms with van der Waals surface area (Å²) < 4.78 is 29.6. The molecule has 92 valence electrons. The number of halogens is 1. The zero-order valence-electron chi connectivity index (χ0n) is 9.61. The summed E-state index contributed by atoms with van der Waals surface area (Å²) in [5.41, 5.74) is 0.718. The van der Waals surface area contributed by atoms with Gasteiger partial charge in [0.05, 0.1) is 5.56 Å². The quantitative estimate of drug-likeness (QED) is 0.730. The summed E-state index contributed by atoms with van der Waals surface area (Å²) >= 11 is 0. The highest BCUT2D eigenvalue weighted by atomic mass is 32.2. The summed E-state index contributed by atoms with van der Waals surface area (Å²) in [6.07, 6.45) is 0.732. The molecule has 17 heavy (non-hydrogen) atoms. The second-order valence-electron chi connectivity index (χ2n) is 3.56. The molecule has 1 aromatic carbocycles. The molecule has 5 heteroatoms. The van der Waals surface area contributed by atoms with Crippen LogP contribution >= 0.6 is 0 Å². The van der Waals surface area contributed by atoms with E-state index in [1.54, 1.807) is 19.2 Å². The Morgan fingerprint density at radius 1 is 1.53 bits per heavy atom. The predicted octanol–water partition coefficient (Wildman–Crippen LogP) is 1.98. The molecular weight excluding hydrogens is 241 g/mol. The van der Waals surface area contributed by atoms with Gasteiger partial charge in [-0.2, -0.15) is 5.26 Å². The van der Waals surface area contributed by atoms with Gasteiger partial charge in [-0.3, -0.25) is 4.21 Å². The summed E-state index contributed by atoms with van der Waals surface area (Å²) in [5, 5.41) is 8.67. The molecule has 1 unspecified atom stereocenters. The van der Waals surface area contributed by atoms with Crippen molar-refractivity contribution in [1.82, 2.24) is 0 Å². The van der Waals surface area contributed by atoms with Crippen LogP contribution in [0.5, 0.6) is 0 Å². The van der Waals surface area contributed by atoms with Gasteiger partial charge in [0.2, 0.25) is 0 Å². The molecule has 3 nitrogen and oxygen atoms in total. The van der Waals surface area contributed by atoms with Crippen LogP contribution in [-0.4, -0.2) is 23.7 Å². The first kappa shape index (κ1) is 13.8. The Labute approximate surface area is 103 Å². The molecule has 0 aromatic heterocycles. The van der Waals surface area contributed by atoms with E-state index in [0.29, 0.717) is 18.1 Å². The van der Waals surface area contributed by atoms with Crippen LogP contribution in [0.15, 0.2) is 18.2 Å². The van der Waals surface area contributed by atoms with Crippen molar-refractivity contribution in [3.05, 3.63) is 35.1 Å². The number of nitrogens with zero attached hydrogens (tertiary/aromatic N) is 1. The molecule has 1 rings (SSSR count). The van der Waals surface area contributed by atoms with Crippen LogP contribution in [0.3, 0.4) is 0 Å². The van der Waals surface area contributed by atoms with Crippen molar-refractivity contribution in [3.8, 4) is 6.07 Å². The fourth-order valence-corrected chi connectivity index (χ4v) is 2.51. The number of hydrogen-bond donors (Lipinski definition) is 0. The lowest BCUT2D eigenvalue weighted by Crippen LogP contribution is -2.04. The highest BCUT2D eigenvalue weighted by Gasteiger charge is 2.06.